The number of hydrogen-bond donors (Lipinski definition) is 1. The van der Waals surface area contributed by atoms with Gasteiger partial charge >= 0.3 is 12.2 Å². The van der Waals surface area contributed by atoms with Crippen molar-refractivity contribution in [2.45, 2.75) is 52.9 Å². The van der Waals surface area contributed by atoms with E-state index in [0.717, 1.165) is 25.7 Å². The summed E-state index contributed by atoms with van der Waals surface area (Å²) in [6.07, 6.45) is 3.89. The third-order valence-electron chi connectivity index (χ3n) is 2.91. The summed E-state index contributed by atoms with van der Waals surface area (Å²) in [6.45, 7) is 8.50. The molecule has 1 N–H and O–H groups in total. The lowest BCUT2D eigenvalue weighted by molar-refractivity contribution is 0.0999. The molecule has 0 spiro atoms. The van der Waals surface area contributed by atoms with Gasteiger partial charge in [-0.25, -0.2) is 9.59 Å². The minimum Gasteiger partial charge on any atom is -0.450 e. The van der Waals surface area contributed by atoms with Gasteiger partial charge in [0.1, 0.15) is 0 Å². The van der Waals surface area contributed by atoms with E-state index in [0.29, 0.717) is 39.3 Å². The van der Waals surface area contributed by atoms with E-state index >= 15 is 0 Å². The van der Waals surface area contributed by atoms with Gasteiger partial charge in [0.05, 0.1) is 13.2 Å². The first-order valence-electron chi connectivity index (χ1n) is 7.97. The van der Waals surface area contributed by atoms with Crippen molar-refractivity contribution in [1.82, 2.24) is 10.2 Å². The number of nitrogens with zero attached hydrogens (tertiary/aromatic N) is 1. The minimum absolute atomic E-state index is 0.256. The molecule has 0 rings (SSSR count). The average molecular weight is 302 g/mol. The number of unbranched alkanes of at least 4 members (excludes halogenated alkanes) is 2. The summed E-state index contributed by atoms with van der Waals surface area (Å²) in [5.41, 5.74) is 0. The van der Waals surface area contributed by atoms with Crippen LogP contribution in [0.5, 0.6) is 0 Å². The van der Waals surface area contributed by atoms with Gasteiger partial charge in [0.2, 0.25) is 0 Å². The molecular formula is C15H30N2O4. The van der Waals surface area contributed by atoms with E-state index in [-0.39, 0.29) is 6.09 Å². The maximum absolute atomic E-state index is 11.9. The number of rotatable bonds is 11. The van der Waals surface area contributed by atoms with Crippen LogP contribution >= 0.6 is 0 Å². The van der Waals surface area contributed by atoms with Gasteiger partial charge in [-0.15, -0.1) is 0 Å². The van der Waals surface area contributed by atoms with Gasteiger partial charge in [0, 0.05) is 19.6 Å². The zero-order valence-electron chi connectivity index (χ0n) is 13.7. The number of alkyl carbamates (subject to hydrolysis) is 1. The Bertz CT molecular complexity index is 285. The Labute approximate surface area is 128 Å². The lowest BCUT2D eigenvalue weighted by Gasteiger charge is -2.22. The number of carbonyl (C=O) groups is 2. The Hall–Kier alpha value is -1.46. The summed E-state index contributed by atoms with van der Waals surface area (Å²) in [4.78, 5) is 24.8. The number of hydrogen-bond acceptors (Lipinski definition) is 4. The van der Waals surface area contributed by atoms with Crippen molar-refractivity contribution in [2.24, 2.45) is 0 Å². The van der Waals surface area contributed by atoms with E-state index in [9.17, 15) is 9.59 Å². The topological polar surface area (TPSA) is 67.9 Å². The van der Waals surface area contributed by atoms with Crippen LogP contribution in [0.2, 0.25) is 0 Å². The Morgan fingerprint density at radius 3 is 2.24 bits per heavy atom. The van der Waals surface area contributed by atoms with E-state index < -0.39 is 6.09 Å². The molecule has 6 nitrogen and oxygen atoms in total. The molecule has 0 aromatic carbocycles. The fourth-order valence-corrected chi connectivity index (χ4v) is 1.68. The fraction of sp³-hybridized carbons (Fsp3) is 0.867. The Morgan fingerprint density at radius 2 is 1.62 bits per heavy atom. The molecular weight excluding hydrogens is 272 g/mol. The summed E-state index contributed by atoms with van der Waals surface area (Å²) in [5, 5.41) is 2.65. The number of nitrogens with one attached hydrogen (secondary N) is 1. The lowest BCUT2D eigenvalue weighted by atomic mass is 10.3. The first kappa shape index (κ1) is 19.5. The van der Waals surface area contributed by atoms with Crippen LogP contribution in [-0.2, 0) is 9.47 Å². The standard InChI is InChI=1S/C15H30N2O4/c1-4-7-11-17(15(19)21-13-8-5-2)12-9-10-16-14(18)20-6-3/h4-13H2,1-3H3,(H,16,18). The summed E-state index contributed by atoms with van der Waals surface area (Å²) in [5.74, 6) is 0. The molecule has 0 fully saturated rings. The fourth-order valence-electron chi connectivity index (χ4n) is 1.68. The average Bonchev–Trinajstić information content (AvgIpc) is 2.47. The van der Waals surface area contributed by atoms with Crippen molar-refractivity contribution < 1.29 is 19.1 Å². The van der Waals surface area contributed by atoms with Crippen molar-refractivity contribution in [1.29, 1.82) is 0 Å². The highest BCUT2D eigenvalue weighted by molar-refractivity contribution is 5.68. The zero-order chi connectivity index (χ0) is 15.9. The van der Waals surface area contributed by atoms with Crippen molar-refractivity contribution in [3.63, 3.8) is 0 Å². The van der Waals surface area contributed by atoms with E-state index in [4.69, 9.17) is 9.47 Å². The van der Waals surface area contributed by atoms with Crippen molar-refractivity contribution in [3.05, 3.63) is 0 Å². The summed E-state index contributed by atoms with van der Waals surface area (Å²) < 4.78 is 10.0. The molecule has 124 valence electrons. The second-order valence-corrected chi connectivity index (χ2v) is 4.81. The van der Waals surface area contributed by atoms with Crippen LogP contribution in [0, 0.1) is 0 Å². The van der Waals surface area contributed by atoms with Crippen molar-refractivity contribution in [3.8, 4) is 0 Å². The molecule has 6 heteroatoms. The number of ether oxygens (including phenoxy) is 2. The van der Waals surface area contributed by atoms with Crippen LogP contribution < -0.4 is 5.32 Å². The SMILES string of the molecule is CCCCOC(=O)N(CCCC)CCCNC(=O)OCC. The highest BCUT2D eigenvalue weighted by Crippen LogP contribution is 2.01. The van der Waals surface area contributed by atoms with Crippen LogP contribution in [0.25, 0.3) is 0 Å². The minimum atomic E-state index is -0.414. The summed E-state index contributed by atoms with van der Waals surface area (Å²) in [6, 6.07) is 0. The second-order valence-electron chi connectivity index (χ2n) is 4.81. The third-order valence-corrected chi connectivity index (χ3v) is 2.91. The maximum Gasteiger partial charge on any atom is 0.409 e. The van der Waals surface area contributed by atoms with Gasteiger partial charge in [-0.1, -0.05) is 26.7 Å². The van der Waals surface area contributed by atoms with E-state index in [1.54, 1.807) is 11.8 Å². The predicted molar refractivity (Wildman–Crippen MR) is 82.4 cm³/mol. The lowest BCUT2D eigenvalue weighted by Crippen LogP contribution is -2.35. The second kappa shape index (κ2) is 13.5. The van der Waals surface area contributed by atoms with Gasteiger partial charge < -0.3 is 19.7 Å². The highest BCUT2D eigenvalue weighted by Gasteiger charge is 2.13. The van der Waals surface area contributed by atoms with Gasteiger partial charge in [-0.2, -0.15) is 0 Å². The Kier molecular flexibility index (Phi) is 12.6. The van der Waals surface area contributed by atoms with Crippen LogP contribution in [0.3, 0.4) is 0 Å². The first-order valence-corrected chi connectivity index (χ1v) is 7.97. The van der Waals surface area contributed by atoms with Gasteiger partial charge in [0.25, 0.3) is 0 Å². The van der Waals surface area contributed by atoms with Crippen LogP contribution in [0.1, 0.15) is 52.9 Å². The van der Waals surface area contributed by atoms with Crippen molar-refractivity contribution >= 4 is 12.2 Å². The largest absolute Gasteiger partial charge is 0.450 e. The Morgan fingerprint density at radius 1 is 0.952 bits per heavy atom. The number of amides is 2. The molecule has 0 unspecified atom stereocenters. The monoisotopic (exact) mass is 302 g/mol. The van der Waals surface area contributed by atoms with Crippen LogP contribution in [0.4, 0.5) is 9.59 Å². The molecule has 0 aromatic rings. The molecule has 0 radical (unpaired) electrons. The molecule has 0 aromatic heterocycles. The third kappa shape index (κ3) is 10.9. The molecule has 0 bridgehead atoms. The van der Waals surface area contributed by atoms with E-state index in [2.05, 4.69) is 19.2 Å². The van der Waals surface area contributed by atoms with Gasteiger partial charge in [-0.05, 0) is 26.2 Å². The van der Waals surface area contributed by atoms with Crippen molar-refractivity contribution in [2.75, 3.05) is 32.8 Å². The van der Waals surface area contributed by atoms with Gasteiger partial charge in [-0.3, -0.25) is 0 Å². The highest BCUT2D eigenvalue weighted by atomic mass is 16.6. The van der Waals surface area contributed by atoms with Gasteiger partial charge in [0.15, 0.2) is 0 Å². The molecule has 0 atom stereocenters. The predicted octanol–water partition coefficient (Wildman–Crippen LogP) is 3.16. The normalized spacial score (nSPS) is 10.0. The molecule has 0 aliphatic carbocycles. The molecule has 0 saturated heterocycles. The summed E-state index contributed by atoms with van der Waals surface area (Å²) >= 11 is 0. The zero-order valence-corrected chi connectivity index (χ0v) is 13.7. The smallest absolute Gasteiger partial charge is 0.409 e. The Balaban J connectivity index is 3.99. The number of carbonyl (C=O) groups excluding carboxylic acids is 2. The molecule has 21 heavy (non-hydrogen) atoms. The molecule has 0 aliphatic rings. The van der Waals surface area contributed by atoms with Crippen LogP contribution in [0.15, 0.2) is 0 Å². The molecule has 0 heterocycles. The molecule has 0 saturated carbocycles. The molecule has 0 aliphatic heterocycles. The van der Waals surface area contributed by atoms with E-state index in [1.165, 1.54) is 0 Å². The first-order chi connectivity index (χ1) is 10.2. The molecule has 2 amide bonds. The van der Waals surface area contributed by atoms with E-state index in [1.807, 2.05) is 0 Å². The maximum atomic E-state index is 11.9. The summed E-state index contributed by atoms with van der Waals surface area (Å²) in [7, 11) is 0. The van der Waals surface area contributed by atoms with Crippen LogP contribution in [-0.4, -0.2) is 49.9 Å². The quantitative estimate of drug-likeness (QED) is 0.595.